The third-order valence-electron chi connectivity index (χ3n) is 2.54. The first-order chi connectivity index (χ1) is 10.4. The maximum atomic E-state index is 2.28. The quantitative estimate of drug-likeness (QED) is 0.413. The molecule has 0 nitrogen and oxygen atoms in total. The van der Waals surface area contributed by atoms with Crippen molar-refractivity contribution in [3.8, 4) is 0 Å². The fourth-order valence-electron chi connectivity index (χ4n) is 1.60. The fourth-order valence-corrected chi connectivity index (χ4v) is 7.95. The topological polar surface area (TPSA) is 0 Å². The molecule has 0 fully saturated rings. The van der Waals surface area contributed by atoms with E-state index >= 15 is 0 Å². The molecule has 114 valence electrons. The van der Waals surface area contributed by atoms with Crippen molar-refractivity contribution in [1.82, 2.24) is 0 Å². The molecule has 0 radical (unpaired) electrons. The van der Waals surface area contributed by atoms with Crippen LogP contribution in [0.1, 0.15) is 25.0 Å². The Morgan fingerprint density at radius 3 is 1.33 bits per heavy atom. The van der Waals surface area contributed by atoms with Gasteiger partial charge >= 0.3 is 148 Å². The van der Waals surface area contributed by atoms with E-state index in [1.165, 1.54) is 32.4 Å². The molecule has 0 aliphatic rings. The van der Waals surface area contributed by atoms with Gasteiger partial charge in [-0.3, -0.25) is 0 Å². The van der Waals surface area contributed by atoms with E-state index in [0.717, 1.165) is 26.3 Å². The molecule has 0 bridgehead atoms. The Balaban J connectivity index is 0.000000315. The zero-order chi connectivity index (χ0) is 15.2. The minimum atomic E-state index is 0.683. The van der Waals surface area contributed by atoms with Gasteiger partial charge in [0.25, 0.3) is 0 Å². The van der Waals surface area contributed by atoms with Crippen molar-refractivity contribution >= 4 is 41.2 Å². The van der Waals surface area contributed by atoms with E-state index in [0.29, 0.717) is 15.0 Å². The number of rotatable bonds is 7. The SMILES string of the molecule is CC[Se][Se]CC.c1ccc(C[Se]Cc2ccccc2)cc1. The molecule has 2 rings (SSSR count). The first-order valence-corrected chi connectivity index (χ1v) is 16.4. The first-order valence-electron chi connectivity index (χ1n) is 7.26. The Bertz CT molecular complexity index is 399. The summed E-state index contributed by atoms with van der Waals surface area (Å²) in [6.45, 7) is 4.55. The van der Waals surface area contributed by atoms with Crippen molar-refractivity contribution < 1.29 is 0 Å². The third-order valence-corrected chi connectivity index (χ3v) is 13.1. The zero-order valence-electron chi connectivity index (χ0n) is 12.8. The van der Waals surface area contributed by atoms with Crippen LogP contribution in [0.4, 0.5) is 0 Å². The van der Waals surface area contributed by atoms with Gasteiger partial charge in [-0.25, -0.2) is 0 Å². The number of benzene rings is 2. The monoisotopic (exact) mass is 480 g/mol. The van der Waals surface area contributed by atoms with Gasteiger partial charge in [0, 0.05) is 0 Å². The van der Waals surface area contributed by atoms with Crippen LogP contribution in [0, 0.1) is 0 Å². The molecule has 0 saturated carbocycles. The second-order valence-electron chi connectivity index (χ2n) is 4.28. The molecule has 0 unspecified atom stereocenters. The predicted molar refractivity (Wildman–Crippen MR) is 98.5 cm³/mol. The van der Waals surface area contributed by atoms with Gasteiger partial charge in [0.05, 0.1) is 0 Å². The van der Waals surface area contributed by atoms with Crippen molar-refractivity contribution in [2.45, 2.75) is 35.1 Å². The summed E-state index contributed by atoms with van der Waals surface area (Å²) in [6, 6.07) is 21.5. The van der Waals surface area contributed by atoms with E-state index in [1.807, 2.05) is 0 Å². The molecule has 0 amide bonds. The standard InChI is InChI=1S/C14H14Se.C4H10Se2/c1-3-7-13(8-4-1)11-15-12-14-9-5-2-6-10-14;1-3-5-6-4-2/h1-10H,11-12H2;3-4H2,1-2H3. The summed E-state index contributed by atoms with van der Waals surface area (Å²) in [5.74, 6) is 0. The molecular weight excluding hydrogens is 453 g/mol. The van der Waals surface area contributed by atoms with E-state index in [9.17, 15) is 0 Å². The zero-order valence-corrected chi connectivity index (χ0v) is 18.0. The average molecular weight is 477 g/mol. The van der Waals surface area contributed by atoms with E-state index in [-0.39, 0.29) is 0 Å². The molecule has 0 aliphatic heterocycles. The summed E-state index contributed by atoms with van der Waals surface area (Å²) < 4.78 is 0. The Labute approximate surface area is 147 Å². The molecule has 0 N–H and O–H groups in total. The van der Waals surface area contributed by atoms with E-state index in [2.05, 4.69) is 74.5 Å². The molecule has 2 aromatic carbocycles. The second kappa shape index (κ2) is 13.6. The Morgan fingerprint density at radius 2 is 1.00 bits per heavy atom. The molecule has 0 aromatic heterocycles. The van der Waals surface area contributed by atoms with Crippen LogP contribution in [0.3, 0.4) is 0 Å². The van der Waals surface area contributed by atoms with Gasteiger partial charge in [-0.1, -0.05) is 0 Å². The predicted octanol–water partition coefficient (Wildman–Crippen LogP) is 4.28. The maximum absolute atomic E-state index is 2.28. The molecule has 0 atom stereocenters. The van der Waals surface area contributed by atoms with Gasteiger partial charge in [0.15, 0.2) is 0 Å². The van der Waals surface area contributed by atoms with Crippen molar-refractivity contribution in [1.29, 1.82) is 0 Å². The van der Waals surface area contributed by atoms with Gasteiger partial charge in [0.2, 0.25) is 0 Å². The summed E-state index contributed by atoms with van der Waals surface area (Å²) in [5, 5.41) is 5.37. The number of hydrogen-bond donors (Lipinski definition) is 0. The molecule has 3 heteroatoms. The van der Waals surface area contributed by atoms with Crippen LogP contribution in [0.5, 0.6) is 0 Å². The van der Waals surface area contributed by atoms with E-state index in [1.54, 1.807) is 0 Å². The van der Waals surface area contributed by atoms with Crippen molar-refractivity contribution in [3.05, 3.63) is 71.8 Å². The van der Waals surface area contributed by atoms with Crippen LogP contribution < -0.4 is 0 Å². The molecule has 2 aromatic rings. The van der Waals surface area contributed by atoms with E-state index in [4.69, 9.17) is 0 Å². The number of hydrogen-bond acceptors (Lipinski definition) is 0. The van der Waals surface area contributed by atoms with Gasteiger partial charge < -0.3 is 0 Å². The average Bonchev–Trinajstić information content (AvgIpc) is 2.55. The van der Waals surface area contributed by atoms with Crippen LogP contribution in [0.2, 0.25) is 10.6 Å². The van der Waals surface area contributed by atoms with Crippen LogP contribution in [0.15, 0.2) is 60.7 Å². The molecule has 21 heavy (non-hydrogen) atoms. The normalized spacial score (nSPS) is 9.81. The summed E-state index contributed by atoms with van der Waals surface area (Å²) in [4.78, 5) is 0. The Kier molecular flexibility index (Phi) is 12.4. The fraction of sp³-hybridized carbons (Fsp3) is 0.333. The molecular formula is C18H24Se3. The molecule has 0 spiro atoms. The van der Waals surface area contributed by atoms with Crippen LogP contribution >= 0.6 is 0 Å². The first kappa shape index (κ1) is 19.0. The van der Waals surface area contributed by atoms with Crippen molar-refractivity contribution in [2.75, 3.05) is 0 Å². The summed E-state index contributed by atoms with van der Waals surface area (Å²) >= 11 is 2.74. The summed E-state index contributed by atoms with van der Waals surface area (Å²) in [5.41, 5.74) is 2.93. The second-order valence-corrected chi connectivity index (χ2v) is 14.9. The molecule has 0 heterocycles. The van der Waals surface area contributed by atoms with Crippen LogP contribution in [0.25, 0.3) is 0 Å². The molecule has 0 saturated heterocycles. The van der Waals surface area contributed by atoms with Gasteiger partial charge in [0.1, 0.15) is 0 Å². The summed E-state index contributed by atoms with van der Waals surface area (Å²) in [7, 11) is 0. The van der Waals surface area contributed by atoms with E-state index < -0.39 is 0 Å². The molecule has 0 aliphatic carbocycles. The van der Waals surface area contributed by atoms with Crippen molar-refractivity contribution in [3.63, 3.8) is 0 Å². The van der Waals surface area contributed by atoms with Crippen LogP contribution in [-0.4, -0.2) is 41.2 Å². The van der Waals surface area contributed by atoms with Gasteiger partial charge in [-0.15, -0.1) is 0 Å². The Hall–Kier alpha value is -0.00156. The van der Waals surface area contributed by atoms with Crippen molar-refractivity contribution in [2.24, 2.45) is 0 Å². The minimum absolute atomic E-state index is 0.683. The van der Waals surface area contributed by atoms with Gasteiger partial charge in [-0.2, -0.15) is 0 Å². The summed E-state index contributed by atoms with van der Waals surface area (Å²) in [6.07, 6.45) is 0. The van der Waals surface area contributed by atoms with Crippen LogP contribution in [-0.2, 0) is 10.6 Å². The third kappa shape index (κ3) is 10.4. The van der Waals surface area contributed by atoms with Gasteiger partial charge in [-0.05, 0) is 0 Å². The Morgan fingerprint density at radius 1 is 0.619 bits per heavy atom.